The van der Waals surface area contributed by atoms with Gasteiger partial charge in [-0.3, -0.25) is 4.21 Å². The summed E-state index contributed by atoms with van der Waals surface area (Å²) >= 11 is 0. The molecule has 1 aromatic carbocycles. The number of rotatable bonds is 3. The number of benzene rings is 1. The first-order chi connectivity index (χ1) is 6.52. The summed E-state index contributed by atoms with van der Waals surface area (Å²) in [5.74, 6) is 0. The summed E-state index contributed by atoms with van der Waals surface area (Å²) in [4.78, 5) is 0.630. The Morgan fingerprint density at radius 2 is 2.00 bits per heavy atom. The van der Waals surface area contributed by atoms with Crippen LogP contribution in [0.15, 0.2) is 29.2 Å². The van der Waals surface area contributed by atoms with Crippen LogP contribution in [-0.4, -0.2) is 26.6 Å². The van der Waals surface area contributed by atoms with Crippen LogP contribution in [0.4, 0.5) is 0 Å². The zero-order chi connectivity index (χ0) is 10.7. The molecule has 0 radical (unpaired) electrons. The summed E-state index contributed by atoms with van der Waals surface area (Å²) in [7, 11) is -2.58. The SMILES string of the molecule is CC(C)[S@@](=O)c1cccc(B(O)O)c1. The lowest BCUT2D eigenvalue weighted by Gasteiger charge is -2.07. The molecule has 0 spiro atoms. The molecule has 0 bridgehead atoms. The molecule has 0 aliphatic heterocycles. The van der Waals surface area contributed by atoms with Crippen molar-refractivity contribution in [2.24, 2.45) is 0 Å². The van der Waals surface area contributed by atoms with Gasteiger partial charge >= 0.3 is 7.12 Å². The largest absolute Gasteiger partial charge is 0.488 e. The van der Waals surface area contributed by atoms with Gasteiger partial charge in [-0.2, -0.15) is 0 Å². The van der Waals surface area contributed by atoms with Crippen molar-refractivity contribution in [3.63, 3.8) is 0 Å². The molecular formula is C9H13BO3S. The highest BCUT2D eigenvalue weighted by Crippen LogP contribution is 2.09. The first kappa shape index (κ1) is 11.4. The third-order valence-corrected chi connectivity index (χ3v) is 3.39. The fraction of sp³-hybridized carbons (Fsp3) is 0.333. The molecule has 0 saturated heterocycles. The summed E-state index contributed by atoms with van der Waals surface area (Å²) in [6.07, 6.45) is 0. The maximum atomic E-state index is 11.7. The molecule has 1 rings (SSSR count). The van der Waals surface area contributed by atoms with E-state index in [0.717, 1.165) is 0 Å². The van der Waals surface area contributed by atoms with Crippen molar-refractivity contribution in [2.45, 2.75) is 24.0 Å². The van der Waals surface area contributed by atoms with Crippen LogP contribution in [0.25, 0.3) is 0 Å². The van der Waals surface area contributed by atoms with Crippen LogP contribution < -0.4 is 5.46 Å². The maximum Gasteiger partial charge on any atom is 0.488 e. The molecule has 5 heteroatoms. The zero-order valence-electron chi connectivity index (χ0n) is 8.18. The first-order valence-corrected chi connectivity index (χ1v) is 5.60. The molecule has 76 valence electrons. The van der Waals surface area contributed by atoms with Gasteiger partial charge in [0.25, 0.3) is 0 Å². The topological polar surface area (TPSA) is 57.5 Å². The monoisotopic (exact) mass is 212 g/mol. The van der Waals surface area contributed by atoms with Gasteiger partial charge in [-0.25, -0.2) is 0 Å². The molecule has 0 amide bonds. The molecule has 0 heterocycles. The van der Waals surface area contributed by atoms with Crippen LogP contribution in [0, 0.1) is 0 Å². The van der Waals surface area contributed by atoms with Gasteiger partial charge < -0.3 is 10.0 Å². The normalized spacial score (nSPS) is 12.9. The van der Waals surface area contributed by atoms with Crippen molar-refractivity contribution in [1.82, 2.24) is 0 Å². The second kappa shape index (κ2) is 4.73. The van der Waals surface area contributed by atoms with E-state index in [1.54, 1.807) is 24.3 Å². The highest BCUT2D eigenvalue weighted by molar-refractivity contribution is 7.85. The van der Waals surface area contributed by atoms with Crippen molar-refractivity contribution in [1.29, 1.82) is 0 Å². The van der Waals surface area contributed by atoms with Crippen LogP contribution in [0.5, 0.6) is 0 Å². The summed E-state index contributed by atoms with van der Waals surface area (Å²) in [5.41, 5.74) is 0.372. The fourth-order valence-electron chi connectivity index (χ4n) is 1.07. The summed E-state index contributed by atoms with van der Waals surface area (Å²) < 4.78 is 11.7. The molecule has 0 aliphatic carbocycles. The zero-order valence-corrected chi connectivity index (χ0v) is 8.99. The lowest BCUT2D eigenvalue weighted by atomic mass is 9.80. The van der Waals surface area contributed by atoms with Gasteiger partial charge in [-0.05, 0) is 17.6 Å². The van der Waals surface area contributed by atoms with Gasteiger partial charge in [-0.1, -0.05) is 26.0 Å². The number of hydrogen-bond donors (Lipinski definition) is 2. The first-order valence-electron chi connectivity index (χ1n) is 4.39. The molecule has 0 fully saturated rings. The summed E-state index contributed by atoms with van der Waals surface area (Å²) in [6.45, 7) is 3.72. The van der Waals surface area contributed by atoms with E-state index in [1.807, 2.05) is 13.8 Å². The predicted octanol–water partition coefficient (Wildman–Crippen LogP) is -0.118. The van der Waals surface area contributed by atoms with E-state index in [2.05, 4.69) is 0 Å². The van der Waals surface area contributed by atoms with Gasteiger partial charge in [0, 0.05) is 10.1 Å². The Kier molecular flexibility index (Phi) is 3.86. The Labute approximate surface area is 86.4 Å². The van der Waals surface area contributed by atoms with Crippen molar-refractivity contribution < 1.29 is 14.3 Å². The van der Waals surface area contributed by atoms with Gasteiger partial charge in [0.1, 0.15) is 0 Å². The fourth-order valence-corrected chi connectivity index (χ4v) is 2.08. The number of hydrogen-bond acceptors (Lipinski definition) is 3. The standard InChI is InChI=1S/C9H13BO3S/c1-7(2)14(13)9-5-3-4-8(6-9)10(11)12/h3-7,11-12H,1-2H3/t14-/m1/s1. The minimum Gasteiger partial charge on any atom is -0.423 e. The molecule has 3 nitrogen and oxygen atoms in total. The predicted molar refractivity (Wildman–Crippen MR) is 57.8 cm³/mol. The van der Waals surface area contributed by atoms with E-state index < -0.39 is 17.9 Å². The van der Waals surface area contributed by atoms with Crippen LogP contribution in [0.1, 0.15) is 13.8 Å². The second-order valence-corrected chi connectivity index (χ2v) is 5.30. The molecule has 1 atom stereocenters. The maximum absolute atomic E-state index is 11.7. The van der Waals surface area contributed by atoms with Crippen molar-refractivity contribution in [3.8, 4) is 0 Å². The highest BCUT2D eigenvalue weighted by atomic mass is 32.2. The van der Waals surface area contributed by atoms with Crippen molar-refractivity contribution >= 4 is 23.4 Å². The lowest BCUT2D eigenvalue weighted by molar-refractivity contribution is 0.425. The van der Waals surface area contributed by atoms with E-state index in [4.69, 9.17) is 10.0 Å². The lowest BCUT2D eigenvalue weighted by Crippen LogP contribution is -2.30. The summed E-state index contributed by atoms with van der Waals surface area (Å²) in [6, 6.07) is 6.54. The second-order valence-electron chi connectivity index (χ2n) is 3.29. The van der Waals surface area contributed by atoms with Crippen molar-refractivity contribution in [2.75, 3.05) is 0 Å². The molecule has 0 aliphatic rings. The quantitative estimate of drug-likeness (QED) is 0.687. The molecule has 0 aromatic heterocycles. The molecule has 0 unspecified atom stereocenters. The Balaban J connectivity index is 3.00. The Morgan fingerprint density at radius 1 is 1.36 bits per heavy atom. The van der Waals surface area contributed by atoms with Crippen LogP contribution in [-0.2, 0) is 10.8 Å². The third kappa shape index (κ3) is 2.67. The Morgan fingerprint density at radius 3 is 2.50 bits per heavy atom. The van der Waals surface area contributed by atoms with E-state index in [9.17, 15) is 4.21 Å². The van der Waals surface area contributed by atoms with E-state index >= 15 is 0 Å². The van der Waals surface area contributed by atoms with E-state index in [0.29, 0.717) is 10.4 Å². The molecular weight excluding hydrogens is 199 g/mol. The van der Waals surface area contributed by atoms with E-state index in [-0.39, 0.29) is 5.25 Å². The average Bonchev–Trinajstić information content (AvgIpc) is 2.16. The average molecular weight is 212 g/mol. The van der Waals surface area contributed by atoms with Crippen LogP contribution in [0.2, 0.25) is 0 Å². The molecule has 14 heavy (non-hydrogen) atoms. The van der Waals surface area contributed by atoms with Crippen LogP contribution >= 0.6 is 0 Å². The van der Waals surface area contributed by atoms with Gasteiger partial charge in [-0.15, -0.1) is 0 Å². The minimum absolute atomic E-state index is 0.0288. The van der Waals surface area contributed by atoms with Gasteiger partial charge in [0.2, 0.25) is 0 Å². The molecule has 2 N–H and O–H groups in total. The third-order valence-electron chi connectivity index (χ3n) is 1.82. The van der Waals surface area contributed by atoms with Gasteiger partial charge in [0.15, 0.2) is 0 Å². The molecule has 0 saturated carbocycles. The van der Waals surface area contributed by atoms with E-state index in [1.165, 1.54) is 0 Å². The highest BCUT2D eigenvalue weighted by Gasteiger charge is 2.14. The minimum atomic E-state index is -1.50. The van der Waals surface area contributed by atoms with Gasteiger partial charge in [0.05, 0.1) is 10.8 Å². The van der Waals surface area contributed by atoms with Crippen molar-refractivity contribution in [3.05, 3.63) is 24.3 Å². The Bertz CT molecular complexity index is 339. The van der Waals surface area contributed by atoms with Crippen LogP contribution in [0.3, 0.4) is 0 Å². The Hall–Kier alpha value is -0.645. The summed E-state index contributed by atoms with van der Waals surface area (Å²) in [5, 5.41) is 17.9. The smallest absolute Gasteiger partial charge is 0.423 e. The molecule has 1 aromatic rings.